The second kappa shape index (κ2) is 9.06. The number of likely N-dealkylation sites (N-methyl/N-ethyl adjacent to an activating group) is 1. The van der Waals surface area contributed by atoms with Crippen molar-refractivity contribution in [2.75, 3.05) is 26.3 Å². The van der Waals surface area contributed by atoms with Crippen LogP contribution in [0.4, 0.5) is 0 Å². The molecule has 0 heterocycles. The monoisotopic (exact) mass is 291 g/mol. The number of amides is 1. The van der Waals surface area contributed by atoms with Crippen molar-refractivity contribution in [1.29, 1.82) is 0 Å². The Bertz CT molecular complexity index is 467. The van der Waals surface area contributed by atoms with Gasteiger partial charge in [0.1, 0.15) is 0 Å². The summed E-state index contributed by atoms with van der Waals surface area (Å²) in [4.78, 5) is 13.7. The van der Waals surface area contributed by atoms with Gasteiger partial charge >= 0.3 is 0 Å². The van der Waals surface area contributed by atoms with E-state index in [0.29, 0.717) is 31.2 Å². The van der Waals surface area contributed by atoms with Gasteiger partial charge in [0.15, 0.2) is 18.1 Å². The van der Waals surface area contributed by atoms with Crippen LogP contribution in [-0.2, 0) is 11.2 Å². The minimum atomic E-state index is -0.0161. The maximum absolute atomic E-state index is 12.0. The number of rotatable bonds is 9. The van der Waals surface area contributed by atoms with Crippen LogP contribution in [0.3, 0.4) is 0 Å². The Balaban J connectivity index is 2.77. The maximum Gasteiger partial charge on any atom is 0.260 e. The standard InChI is InChI=1S/C17H25NO3/c1-5-9-14-10-11-15(16(12-14)20-8-4)21-13-17(19)18(6-2)7-3/h5,10-12H,1,6-9,13H2,2-4H3. The quantitative estimate of drug-likeness (QED) is 0.656. The fourth-order valence-electron chi connectivity index (χ4n) is 2.04. The van der Waals surface area contributed by atoms with Gasteiger partial charge in [-0.3, -0.25) is 4.79 Å². The Morgan fingerprint density at radius 1 is 1.19 bits per heavy atom. The molecule has 1 rings (SSSR count). The third-order valence-corrected chi connectivity index (χ3v) is 3.16. The Morgan fingerprint density at radius 3 is 2.48 bits per heavy atom. The number of benzene rings is 1. The number of carbonyl (C=O) groups excluding carboxylic acids is 1. The highest BCUT2D eigenvalue weighted by Crippen LogP contribution is 2.28. The minimum absolute atomic E-state index is 0.0161. The topological polar surface area (TPSA) is 38.8 Å². The molecule has 0 saturated heterocycles. The molecule has 0 spiro atoms. The van der Waals surface area contributed by atoms with E-state index in [1.165, 1.54) is 0 Å². The molecule has 4 heteroatoms. The lowest BCUT2D eigenvalue weighted by molar-refractivity contribution is -0.132. The van der Waals surface area contributed by atoms with E-state index in [1.807, 2.05) is 45.0 Å². The van der Waals surface area contributed by atoms with Crippen molar-refractivity contribution in [3.05, 3.63) is 36.4 Å². The lowest BCUT2D eigenvalue weighted by atomic mass is 10.1. The van der Waals surface area contributed by atoms with Gasteiger partial charge in [0.05, 0.1) is 6.61 Å². The molecule has 21 heavy (non-hydrogen) atoms. The molecule has 0 saturated carbocycles. The summed E-state index contributed by atoms with van der Waals surface area (Å²) < 4.78 is 11.2. The van der Waals surface area contributed by atoms with E-state index >= 15 is 0 Å². The predicted octanol–water partition coefficient (Wildman–Crippen LogP) is 3.06. The zero-order valence-corrected chi connectivity index (χ0v) is 13.2. The SMILES string of the molecule is C=CCc1ccc(OCC(=O)N(CC)CC)c(OCC)c1. The summed E-state index contributed by atoms with van der Waals surface area (Å²) in [7, 11) is 0. The first-order chi connectivity index (χ1) is 10.2. The molecular formula is C17H25NO3. The molecule has 116 valence electrons. The van der Waals surface area contributed by atoms with Gasteiger partial charge in [0.25, 0.3) is 5.91 Å². The molecule has 0 aromatic heterocycles. The van der Waals surface area contributed by atoms with Crippen molar-refractivity contribution in [2.24, 2.45) is 0 Å². The van der Waals surface area contributed by atoms with Gasteiger partial charge in [-0.15, -0.1) is 6.58 Å². The Morgan fingerprint density at radius 2 is 1.90 bits per heavy atom. The average Bonchev–Trinajstić information content (AvgIpc) is 2.48. The lowest BCUT2D eigenvalue weighted by Crippen LogP contribution is -2.34. The molecule has 0 aliphatic rings. The van der Waals surface area contributed by atoms with Crippen molar-refractivity contribution in [2.45, 2.75) is 27.2 Å². The van der Waals surface area contributed by atoms with E-state index < -0.39 is 0 Å². The van der Waals surface area contributed by atoms with E-state index in [0.717, 1.165) is 12.0 Å². The predicted molar refractivity (Wildman–Crippen MR) is 84.9 cm³/mol. The first kappa shape index (κ1) is 17.1. The molecule has 0 atom stereocenters. The summed E-state index contributed by atoms with van der Waals surface area (Å²) in [5.74, 6) is 1.26. The summed E-state index contributed by atoms with van der Waals surface area (Å²) in [5, 5.41) is 0. The summed E-state index contributed by atoms with van der Waals surface area (Å²) in [6, 6.07) is 5.74. The first-order valence-electron chi connectivity index (χ1n) is 7.43. The van der Waals surface area contributed by atoms with Crippen LogP contribution in [0.1, 0.15) is 26.3 Å². The third kappa shape index (κ3) is 5.14. The Hall–Kier alpha value is -1.97. The molecule has 1 amide bonds. The zero-order chi connectivity index (χ0) is 15.7. The number of allylic oxidation sites excluding steroid dienone is 1. The van der Waals surface area contributed by atoms with Gasteiger partial charge in [-0.2, -0.15) is 0 Å². The van der Waals surface area contributed by atoms with Gasteiger partial charge in [-0.25, -0.2) is 0 Å². The van der Waals surface area contributed by atoms with E-state index in [4.69, 9.17) is 9.47 Å². The number of carbonyl (C=O) groups is 1. The van der Waals surface area contributed by atoms with Crippen molar-refractivity contribution < 1.29 is 14.3 Å². The second-order valence-electron chi connectivity index (χ2n) is 4.56. The highest BCUT2D eigenvalue weighted by Gasteiger charge is 2.12. The van der Waals surface area contributed by atoms with Crippen LogP contribution < -0.4 is 9.47 Å². The summed E-state index contributed by atoms with van der Waals surface area (Å²) in [6.07, 6.45) is 2.62. The lowest BCUT2D eigenvalue weighted by Gasteiger charge is -2.19. The van der Waals surface area contributed by atoms with E-state index in [-0.39, 0.29) is 12.5 Å². The molecule has 1 aromatic carbocycles. The number of hydrogen-bond acceptors (Lipinski definition) is 3. The van der Waals surface area contributed by atoms with Gasteiger partial charge < -0.3 is 14.4 Å². The normalized spacial score (nSPS) is 10.0. The van der Waals surface area contributed by atoms with Gasteiger partial charge in [-0.1, -0.05) is 12.1 Å². The highest BCUT2D eigenvalue weighted by molar-refractivity contribution is 5.77. The fourth-order valence-corrected chi connectivity index (χ4v) is 2.04. The van der Waals surface area contributed by atoms with Crippen molar-refractivity contribution in [3.8, 4) is 11.5 Å². The summed E-state index contributed by atoms with van der Waals surface area (Å²) in [6.45, 7) is 11.5. The van der Waals surface area contributed by atoms with Crippen molar-refractivity contribution in [3.63, 3.8) is 0 Å². The van der Waals surface area contributed by atoms with Crippen LogP contribution in [0.2, 0.25) is 0 Å². The largest absolute Gasteiger partial charge is 0.490 e. The van der Waals surface area contributed by atoms with E-state index in [9.17, 15) is 4.79 Å². The molecular weight excluding hydrogens is 266 g/mol. The van der Waals surface area contributed by atoms with Gasteiger partial charge in [0.2, 0.25) is 0 Å². The van der Waals surface area contributed by atoms with Crippen LogP contribution in [0.25, 0.3) is 0 Å². The maximum atomic E-state index is 12.0. The highest BCUT2D eigenvalue weighted by atomic mass is 16.5. The molecule has 1 aromatic rings. The third-order valence-electron chi connectivity index (χ3n) is 3.16. The first-order valence-corrected chi connectivity index (χ1v) is 7.43. The molecule has 0 bridgehead atoms. The zero-order valence-electron chi connectivity index (χ0n) is 13.2. The van der Waals surface area contributed by atoms with E-state index in [1.54, 1.807) is 4.90 Å². The molecule has 0 fully saturated rings. The van der Waals surface area contributed by atoms with Gasteiger partial charge in [0, 0.05) is 13.1 Å². The molecule has 0 radical (unpaired) electrons. The summed E-state index contributed by atoms with van der Waals surface area (Å²) >= 11 is 0. The molecule has 0 unspecified atom stereocenters. The number of nitrogens with zero attached hydrogens (tertiary/aromatic N) is 1. The van der Waals surface area contributed by atoms with Crippen LogP contribution in [0.15, 0.2) is 30.9 Å². The molecule has 0 N–H and O–H groups in total. The van der Waals surface area contributed by atoms with Crippen LogP contribution in [0.5, 0.6) is 11.5 Å². The van der Waals surface area contributed by atoms with Crippen LogP contribution in [-0.4, -0.2) is 37.1 Å². The molecule has 0 aliphatic carbocycles. The van der Waals surface area contributed by atoms with Crippen molar-refractivity contribution >= 4 is 5.91 Å². The Labute approximate surface area is 127 Å². The average molecular weight is 291 g/mol. The fraction of sp³-hybridized carbons (Fsp3) is 0.471. The van der Waals surface area contributed by atoms with Crippen LogP contribution in [0, 0.1) is 0 Å². The second-order valence-corrected chi connectivity index (χ2v) is 4.56. The number of hydrogen-bond donors (Lipinski definition) is 0. The Kier molecular flexibility index (Phi) is 7.37. The minimum Gasteiger partial charge on any atom is -0.490 e. The molecule has 0 aliphatic heterocycles. The van der Waals surface area contributed by atoms with Crippen molar-refractivity contribution in [1.82, 2.24) is 4.90 Å². The smallest absolute Gasteiger partial charge is 0.260 e. The van der Waals surface area contributed by atoms with E-state index in [2.05, 4.69) is 6.58 Å². The summed E-state index contributed by atoms with van der Waals surface area (Å²) in [5.41, 5.74) is 1.11. The van der Waals surface area contributed by atoms with Crippen LogP contribution >= 0.6 is 0 Å². The molecule has 4 nitrogen and oxygen atoms in total. The van der Waals surface area contributed by atoms with Gasteiger partial charge in [-0.05, 0) is 44.9 Å². The number of ether oxygens (including phenoxy) is 2.